The molecule has 3 nitrogen and oxygen atoms in total. The van der Waals surface area contributed by atoms with Crippen molar-refractivity contribution >= 4 is 5.97 Å². The Bertz CT molecular complexity index is 163. The summed E-state index contributed by atoms with van der Waals surface area (Å²) in [7, 11) is 0. The predicted molar refractivity (Wildman–Crippen MR) is 37.8 cm³/mol. The van der Waals surface area contributed by atoms with Crippen molar-refractivity contribution in [2.24, 2.45) is 0 Å². The summed E-state index contributed by atoms with van der Waals surface area (Å²) in [4.78, 5) is 10.4. The van der Waals surface area contributed by atoms with Crippen molar-refractivity contribution in [3.63, 3.8) is 0 Å². The highest BCUT2D eigenvalue weighted by Crippen LogP contribution is 2.12. The highest BCUT2D eigenvalue weighted by atomic mass is 16.4. The van der Waals surface area contributed by atoms with E-state index < -0.39 is 12.0 Å². The fraction of sp³-hybridized carbons (Fsp3) is 0.571. The topological polar surface area (TPSA) is 49.3 Å². The van der Waals surface area contributed by atoms with Gasteiger partial charge in [0, 0.05) is 0 Å². The van der Waals surface area contributed by atoms with Crippen LogP contribution in [0.5, 0.6) is 0 Å². The summed E-state index contributed by atoms with van der Waals surface area (Å²) in [6.45, 7) is 4.49. The molecule has 0 aromatic carbocycles. The third kappa shape index (κ3) is 1.57. The van der Waals surface area contributed by atoms with Gasteiger partial charge in [-0.05, 0) is 19.4 Å². The van der Waals surface area contributed by atoms with Crippen molar-refractivity contribution in [1.82, 2.24) is 5.32 Å². The Balaban J connectivity index is 2.47. The van der Waals surface area contributed by atoms with E-state index in [4.69, 9.17) is 5.11 Å². The fourth-order valence-electron chi connectivity index (χ4n) is 1.06. The first-order valence-electron chi connectivity index (χ1n) is 3.33. The van der Waals surface area contributed by atoms with E-state index in [9.17, 15) is 4.79 Å². The number of carboxylic acids is 1. The van der Waals surface area contributed by atoms with Crippen LogP contribution in [0.2, 0.25) is 0 Å². The molecule has 0 bridgehead atoms. The lowest BCUT2D eigenvalue weighted by Gasteiger charge is -2.21. The zero-order valence-electron chi connectivity index (χ0n) is 5.76. The van der Waals surface area contributed by atoms with Crippen LogP contribution in [0, 0.1) is 0 Å². The molecule has 0 spiro atoms. The molecular weight excluding hydrogens is 130 g/mol. The maximum absolute atomic E-state index is 10.4. The predicted octanol–water partition coefficient (Wildman–Crippen LogP) is 0.379. The van der Waals surface area contributed by atoms with Gasteiger partial charge in [0.2, 0.25) is 0 Å². The van der Waals surface area contributed by atoms with Gasteiger partial charge in [0.1, 0.15) is 6.04 Å². The minimum Gasteiger partial charge on any atom is -0.480 e. The lowest BCUT2D eigenvalue weighted by atomic mass is 10.0. The van der Waals surface area contributed by atoms with E-state index in [0.717, 1.165) is 18.5 Å². The maximum atomic E-state index is 10.4. The molecule has 0 saturated carbocycles. The van der Waals surface area contributed by atoms with Crippen LogP contribution < -0.4 is 5.32 Å². The minimum absolute atomic E-state index is 0.402. The molecule has 3 heteroatoms. The average molecular weight is 141 g/mol. The van der Waals surface area contributed by atoms with Crippen LogP contribution in [0.3, 0.4) is 0 Å². The van der Waals surface area contributed by atoms with E-state index >= 15 is 0 Å². The number of hydrogen-bond donors (Lipinski definition) is 2. The van der Waals surface area contributed by atoms with Crippen LogP contribution in [0.1, 0.15) is 12.8 Å². The zero-order chi connectivity index (χ0) is 7.56. The third-order valence-corrected chi connectivity index (χ3v) is 1.66. The van der Waals surface area contributed by atoms with Crippen LogP contribution in [-0.2, 0) is 4.79 Å². The fourth-order valence-corrected chi connectivity index (χ4v) is 1.06. The number of hydrogen-bond acceptors (Lipinski definition) is 2. The van der Waals surface area contributed by atoms with Gasteiger partial charge < -0.3 is 10.4 Å². The third-order valence-electron chi connectivity index (χ3n) is 1.66. The Hall–Kier alpha value is -0.830. The van der Waals surface area contributed by atoms with Crippen LogP contribution in [-0.4, -0.2) is 23.7 Å². The Morgan fingerprint density at radius 1 is 1.80 bits per heavy atom. The monoisotopic (exact) mass is 141 g/mol. The van der Waals surface area contributed by atoms with Gasteiger partial charge in [-0.1, -0.05) is 12.2 Å². The second kappa shape index (κ2) is 2.84. The normalized spacial score (nSPS) is 26.4. The molecule has 0 aromatic rings. The highest BCUT2D eigenvalue weighted by Gasteiger charge is 2.20. The lowest BCUT2D eigenvalue weighted by Crippen LogP contribution is -2.40. The average Bonchev–Trinajstić information content (AvgIpc) is 1.88. The van der Waals surface area contributed by atoms with Crippen LogP contribution in [0.15, 0.2) is 12.2 Å². The molecule has 1 unspecified atom stereocenters. The first-order valence-corrected chi connectivity index (χ1v) is 3.33. The van der Waals surface area contributed by atoms with Gasteiger partial charge in [0.25, 0.3) is 0 Å². The quantitative estimate of drug-likeness (QED) is 0.519. The highest BCUT2D eigenvalue weighted by molar-refractivity contribution is 5.74. The SMILES string of the molecule is C=C1CCNC(C(=O)O)C1. The largest absolute Gasteiger partial charge is 0.480 e. The first kappa shape index (κ1) is 7.28. The lowest BCUT2D eigenvalue weighted by molar-refractivity contribution is -0.139. The molecule has 1 aliphatic rings. The Morgan fingerprint density at radius 2 is 2.50 bits per heavy atom. The Morgan fingerprint density at radius 3 is 2.90 bits per heavy atom. The van der Waals surface area contributed by atoms with E-state index in [-0.39, 0.29) is 0 Å². The summed E-state index contributed by atoms with van der Waals surface area (Å²) in [5, 5.41) is 11.4. The standard InChI is InChI=1S/C7H11NO2/c1-5-2-3-8-6(4-5)7(9)10/h6,8H,1-4H2,(H,9,10). The summed E-state index contributed by atoms with van der Waals surface area (Å²) < 4.78 is 0. The van der Waals surface area contributed by atoms with E-state index in [1.54, 1.807) is 0 Å². The van der Waals surface area contributed by atoms with Crippen molar-refractivity contribution in [2.75, 3.05) is 6.54 Å². The van der Waals surface area contributed by atoms with Gasteiger partial charge in [-0.25, -0.2) is 0 Å². The minimum atomic E-state index is -0.777. The van der Waals surface area contributed by atoms with E-state index in [0.29, 0.717) is 6.42 Å². The number of piperidine rings is 1. The van der Waals surface area contributed by atoms with E-state index in [2.05, 4.69) is 11.9 Å². The van der Waals surface area contributed by atoms with E-state index in [1.807, 2.05) is 0 Å². The molecule has 0 radical (unpaired) electrons. The molecule has 0 aliphatic carbocycles. The molecule has 1 aliphatic heterocycles. The van der Waals surface area contributed by atoms with Crippen molar-refractivity contribution in [1.29, 1.82) is 0 Å². The smallest absolute Gasteiger partial charge is 0.321 e. The summed E-state index contributed by atoms with van der Waals surface area (Å²) in [6.07, 6.45) is 1.49. The molecule has 1 atom stereocenters. The molecule has 56 valence electrons. The first-order chi connectivity index (χ1) is 4.70. The van der Waals surface area contributed by atoms with Crippen LogP contribution >= 0.6 is 0 Å². The van der Waals surface area contributed by atoms with Gasteiger partial charge in [-0.3, -0.25) is 4.79 Å². The molecule has 1 saturated heterocycles. The number of carboxylic acid groups (broad SMARTS) is 1. The summed E-state index contributed by atoms with van der Waals surface area (Å²) in [5.74, 6) is -0.777. The molecule has 0 amide bonds. The Kier molecular flexibility index (Phi) is 2.06. The number of nitrogens with one attached hydrogen (secondary N) is 1. The summed E-state index contributed by atoms with van der Waals surface area (Å²) >= 11 is 0. The second-order valence-electron chi connectivity index (χ2n) is 2.55. The van der Waals surface area contributed by atoms with Gasteiger partial charge in [0.05, 0.1) is 0 Å². The number of rotatable bonds is 1. The van der Waals surface area contributed by atoms with Crippen LogP contribution in [0.25, 0.3) is 0 Å². The van der Waals surface area contributed by atoms with Crippen molar-refractivity contribution in [3.05, 3.63) is 12.2 Å². The molecule has 2 N–H and O–H groups in total. The van der Waals surface area contributed by atoms with Crippen molar-refractivity contribution < 1.29 is 9.90 Å². The molecule has 10 heavy (non-hydrogen) atoms. The van der Waals surface area contributed by atoms with Crippen LogP contribution in [0.4, 0.5) is 0 Å². The number of aliphatic carboxylic acids is 1. The summed E-state index contributed by atoms with van der Waals surface area (Å²) in [6, 6.07) is -0.402. The molecule has 0 aromatic heterocycles. The zero-order valence-corrected chi connectivity index (χ0v) is 5.76. The van der Waals surface area contributed by atoms with Gasteiger partial charge in [-0.2, -0.15) is 0 Å². The van der Waals surface area contributed by atoms with E-state index in [1.165, 1.54) is 0 Å². The van der Waals surface area contributed by atoms with Crippen molar-refractivity contribution in [3.8, 4) is 0 Å². The molecule has 1 heterocycles. The molecule has 1 fully saturated rings. The second-order valence-corrected chi connectivity index (χ2v) is 2.55. The van der Waals surface area contributed by atoms with Crippen molar-refractivity contribution in [2.45, 2.75) is 18.9 Å². The Labute approximate surface area is 59.7 Å². The number of carbonyl (C=O) groups is 1. The maximum Gasteiger partial charge on any atom is 0.321 e. The molecule has 1 rings (SSSR count). The van der Waals surface area contributed by atoms with Gasteiger partial charge in [0.15, 0.2) is 0 Å². The molecular formula is C7H11NO2. The summed E-state index contributed by atoms with van der Waals surface area (Å²) in [5.41, 5.74) is 1.03. The van der Waals surface area contributed by atoms with Gasteiger partial charge in [-0.15, -0.1) is 0 Å². The van der Waals surface area contributed by atoms with Gasteiger partial charge >= 0.3 is 5.97 Å².